The van der Waals surface area contributed by atoms with Crippen molar-refractivity contribution >= 4 is 0 Å². The van der Waals surface area contributed by atoms with Crippen molar-refractivity contribution in [3.05, 3.63) is 53.3 Å². The molecule has 1 aliphatic heterocycles. The molecule has 0 bridgehead atoms. The van der Waals surface area contributed by atoms with Gasteiger partial charge < -0.3 is 9.47 Å². The van der Waals surface area contributed by atoms with E-state index in [1.54, 1.807) is 19.5 Å². The molecule has 24 heavy (non-hydrogen) atoms. The second kappa shape index (κ2) is 6.52. The van der Waals surface area contributed by atoms with Crippen molar-refractivity contribution in [2.75, 3.05) is 7.11 Å². The van der Waals surface area contributed by atoms with Crippen LogP contribution in [0.1, 0.15) is 42.9 Å². The van der Waals surface area contributed by atoms with E-state index in [1.807, 2.05) is 18.2 Å². The molecular formula is C20H22N2O2. The molecule has 124 valence electrons. The molecule has 0 radical (unpaired) electrons. The van der Waals surface area contributed by atoms with Crippen LogP contribution in [0.15, 0.2) is 36.7 Å². The third kappa shape index (κ3) is 3.21. The summed E-state index contributed by atoms with van der Waals surface area (Å²) in [4.78, 5) is 4.03. The highest BCUT2D eigenvalue weighted by molar-refractivity contribution is 5.53. The van der Waals surface area contributed by atoms with Crippen LogP contribution in [0.2, 0.25) is 0 Å². The molecule has 0 N–H and O–H groups in total. The summed E-state index contributed by atoms with van der Waals surface area (Å²) in [5.74, 6) is 1.40. The minimum Gasteiger partial charge on any atom is -0.493 e. The van der Waals surface area contributed by atoms with Crippen molar-refractivity contribution in [2.24, 2.45) is 0 Å². The van der Waals surface area contributed by atoms with Crippen molar-refractivity contribution in [3.63, 3.8) is 0 Å². The second-order valence-corrected chi connectivity index (χ2v) is 6.76. The second-order valence-electron chi connectivity index (χ2n) is 6.76. The van der Waals surface area contributed by atoms with E-state index in [-0.39, 0.29) is 11.5 Å². The lowest BCUT2D eigenvalue weighted by molar-refractivity contribution is 0.0801. The molecule has 0 spiro atoms. The number of nitriles is 1. The van der Waals surface area contributed by atoms with Crippen LogP contribution in [0.25, 0.3) is 0 Å². The van der Waals surface area contributed by atoms with Crippen LogP contribution in [-0.4, -0.2) is 17.7 Å². The van der Waals surface area contributed by atoms with Gasteiger partial charge in [0.15, 0.2) is 11.5 Å². The number of nitrogens with zero attached hydrogens (tertiary/aromatic N) is 2. The Labute approximate surface area is 143 Å². The average Bonchev–Trinajstić information content (AvgIpc) is 2.59. The van der Waals surface area contributed by atoms with Gasteiger partial charge in [-0.1, -0.05) is 6.07 Å². The van der Waals surface area contributed by atoms with Crippen LogP contribution in [-0.2, 0) is 12.8 Å². The number of hydrogen-bond donors (Lipinski definition) is 0. The normalized spacial score (nSPS) is 16.4. The van der Waals surface area contributed by atoms with Gasteiger partial charge in [-0.2, -0.15) is 5.26 Å². The van der Waals surface area contributed by atoms with E-state index in [1.165, 1.54) is 5.56 Å². The lowest BCUT2D eigenvalue weighted by Crippen LogP contribution is -2.33. The highest BCUT2D eigenvalue weighted by Crippen LogP contribution is 2.42. The number of rotatable bonds is 4. The summed E-state index contributed by atoms with van der Waals surface area (Å²) in [5, 5.41) is 9.60. The highest BCUT2D eigenvalue weighted by Gasteiger charge is 2.31. The number of aromatic nitrogens is 1. The Hall–Kier alpha value is -2.54. The molecule has 1 unspecified atom stereocenters. The van der Waals surface area contributed by atoms with Gasteiger partial charge in [0, 0.05) is 18.0 Å². The molecule has 3 rings (SSSR count). The first kappa shape index (κ1) is 16.3. The number of pyridine rings is 1. The molecular weight excluding hydrogens is 300 g/mol. The first-order valence-corrected chi connectivity index (χ1v) is 8.21. The molecule has 2 heterocycles. The maximum Gasteiger partial charge on any atom is 0.165 e. The zero-order valence-corrected chi connectivity index (χ0v) is 14.4. The zero-order valence-electron chi connectivity index (χ0n) is 14.4. The summed E-state index contributed by atoms with van der Waals surface area (Å²) < 4.78 is 11.7. The molecule has 1 atom stereocenters. The summed E-state index contributed by atoms with van der Waals surface area (Å²) in [5.41, 5.74) is 3.13. The number of fused-ring (bicyclic) bond motifs is 1. The number of ether oxygens (including phenoxy) is 2. The van der Waals surface area contributed by atoms with E-state index in [0.717, 1.165) is 35.5 Å². The standard InChI is InChI=1S/C20H22N2O2/c1-20(2)9-6-17-15(4-5-18(23-3)19(17)24-20)12-16(13-21)14-7-10-22-11-8-14/h4-5,7-8,10-11,16H,6,9,12H2,1-3H3. The predicted octanol–water partition coefficient (Wildman–Crippen LogP) is 4.04. The van der Waals surface area contributed by atoms with Gasteiger partial charge in [0.1, 0.15) is 5.60 Å². The third-order valence-corrected chi connectivity index (χ3v) is 4.59. The van der Waals surface area contributed by atoms with Crippen molar-refractivity contribution in [3.8, 4) is 17.6 Å². The monoisotopic (exact) mass is 322 g/mol. The third-order valence-electron chi connectivity index (χ3n) is 4.59. The van der Waals surface area contributed by atoms with Crippen LogP contribution in [0.3, 0.4) is 0 Å². The maximum absolute atomic E-state index is 9.60. The lowest BCUT2D eigenvalue weighted by Gasteiger charge is -2.34. The summed E-state index contributed by atoms with van der Waals surface area (Å²) in [6.45, 7) is 4.19. The van der Waals surface area contributed by atoms with E-state index in [4.69, 9.17) is 9.47 Å². The van der Waals surface area contributed by atoms with Gasteiger partial charge in [-0.3, -0.25) is 4.98 Å². The maximum atomic E-state index is 9.60. The van der Waals surface area contributed by atoms with Crippen LogP contribution in [0.5, 0.6) is 11.5 Å². The van der Waals surface area contributed by atoms with Crippen LogP contribution < -0.4 is 9.47 Å². The first-order valence-electron chi connectivity index (χ1n) is 8.21. The van der Waals surface area contributed by atoms with Crippen molar-refractivity contribution in [1.82, 2.24) is 4.98 Å². The Morgan fingerprint density at radius 3 is 2.71 bits per heavy atom. The molecule has 0 saturated heterocycles. The molecule has 1 aromatic carbocycles. The number of hydrogen-bond acceptors (Lipinski definition) is 4. The summed E-state index contributed by atoms with van der Waals surface area (Å²) >= 11 is 0. The molecule has 1 aliphatic rings. The fourth-order valence-corrected chi connectivity index (χ4v) is 3.19. The molecule has 0 fully saturated rings. The Morgan fingerprint density at radius 1 is 1.29 bits per heavy atom. The van der Waals surface area contributed by atoms with Gasteiger partial charge in [0.05, 0.1) is 19.1 Å². The lowest BCUT2D eigenvalue weighted by atomic mass is 9.86. The summed E-state index contributed by atoms with van der Waals surface area (Å²) in [6, 6.07) is 10.2. The van der Waals surface area contributed by atoms with Crippen LogP contribution in [0.4, 0.5) is 0 Å². The van der Waals surface area contributed by atoms with E-state index >= 15 is 0 Å². The SMILES string of the molecule is COc1ccc(CC(C#N)c2ccncc2)c2c1OC(C)(C)CC2. The van der Waals surface area contributed by atoms with Crippen LogP contribution >= 0.6 is 0 Å². The zero-order chi connectivity index (χ0) is 17.2. The van der Waals surface area contributed by atoms with E-state index in [2.05, 4.69) is 31.0 Å². The molecule has 0 amide bonds. The molecule has 2 aromatic rings. The number of benzene rings is 1. The largest absolute Gasteiger partial charge is 0.493 e. The highest BCUT2D eigenvalue weighted by atomic mass is 16.5. The molecule has 4 nitrogen and oxygen atoms in total. The molecule has 0 saturated carbocycles. The van der Waals surface area contributed by atoms with Gasteiger partial charge in [0.25, 0.3) is 0 Å². The van der Waals surface area contributed by atoms with E-state index in [0.29, 0.717) is 6.42 Å². The minimum atomic E-state index is -0.196. The van der Waals surface area contributed by atoms with Gasteiger partial charge in [-0.15, -0.1) is 0 Å². The fraction of sp³-hybridized carbons (Fsp3) is 0.400. The van der Waals surface area contributed by atoms with Crippen molar-refractivity contribution < 1.29 is 9.47 Å². The van der Waals surface area contributed by atoms with Gasteiger partial charge >= 0.3 is 0 Å². The first-order chi connectivity index (χ1) is 11.5. The Morgan fingerprint density at radius 2 is 2.04 bits per heavy atom. The Balaban J connectivity index is 1.96. The van der Waals surface area contributed by atoms with Crippen molar-refractivity contribution in [1.29, 1.82) is 5.26 Å². The smallest absolute Gasteiger partial charge is 0.165 e. The average molecular weight is 322 g/mol. The molecule has 4 heteroatoms. The number of methoxy groups -OCH3 is 1. The summed E-state index contributed by atoms with van der Waals surface area (Å²) in [6.07, 6.45) is 6.01. The molecule has 0 aliphatic carbocycles. The van der Waals surface area contributed by atoms with Gasteiger partial charge in [0.2, 0.25) is 0 Å². The van der Waals surface area contributed by atoms with Crippen molar-refractivity contribution in [2.45, 2.75) is 44.6 Å². The molecule has 1 aromatic heterocycles. The Bertz CT molecular complexity index is 763. The van der Waals surface area contributed by atoms with Gasteiger partial charge in [-0.25, -0.2) is 0 Å². The van der Waals surface area contributed by atoms with Crippen LogP contribution in [0, 0.1) is 11.3 Å². The Kier molecular flexibility index (Phi) is 4.44. The van der Waals surface area contributed by atoms with E-state index < -0.39 is 0 Å². The quantitative estimate of drug-likeness (QED) is 0.852. The fourth-order valence-electron chi connectivity index (χ4n) is 3.19. The summed E-state index contributed by atoms with van der Waals surface area (Å²) in [7, 11) is 1.66. The topological polar surface area (TPSA) is 55.1 Å². The van der Waals surface area contributed by atoms with Gasteiger partial charge in [-0.05, 0) is 62.4 Å². The minimum absolute atomic E-state index is 0.194. The van der Waals surface area contributed by atoms with E-state index in [9.17, 15) is 5.26 Å². The predicted molar refractivity (Wildman–Crippen MR) is 92.3 cm³/mol.